The second-order valence-corrected chi connectivity index (χ2v) is 8.33. The van der Waals surface area contributed by atoms with Crippen molar-refractivity contribution in [3.8, 4) is 0 Å². The summed E-state index contributed by atoms with van der Waals surface area (Å²) >= 11 is 0. The Balaban J connectivity index is 1.85. The number of allylic oxidation sites excluding steroid dienone is 1. The maximum atomic E-state index is 11.8. The largest absolute Gasteiger partial charge is 0.478 e. The van der Waals surface area contributed by atoms with Crippen molar-refractivity contribution in [1.29, 1.82) is 0 Å². The van der Waals surface area contributed by atoms with Gasteiger partial charge < -0.3 is 9.84 Å². The molecule has 2 aliphatic carbocycles. The molecule has 4 nitrogen and oxygen atoms in total. The average Bonchev–Trinajstić information content (AvgIpc) is 2.94. The molecular weight excluding hydrogens is 304 g/mol. The second-order valence-electron chi connectivity index (χ2n) is 8.33. The van der Waals surface area contributed by atoms with Crippen LogP contribution in [0.4, 0.5) is 0 Å². The van der Waals surface area contributed by atoms with Crippen molar-refractivity contribution in [3.63, 3.8) is 0 Å². The van der Waals surface area contributed by atoms with Crippen LogP contribution in [0.2, 0.25) is 0 Å². The molecule has 4 atom stereocenters. The molecule has 1 heterocycles. The lowest BCUT2D eigenvalue weighted by Crippen LogP contribution is -2.51. The molecule has 0 aromatic carbocycles. The molecule has 0 radical (unpaired) electrons. The van der Waals surface area contributed by atoms with Gasteiger partial charge in [-0.05, 0) is 61.3 Å². The number of ether oxygens (including phenoxy) is 1. The smallest absolute Gasteiger partial charge is 0.331 e. The van der Waals surface area contributed by atoms with Gasteiger partial charge in [0.2, 0.25) is 0 Å². The lowest BCUT2D eigenvalue weighted by molar-refractivity contribution is -0.137. The summed E-state index contributed by atoms with van der Waals surface area (Å²) in [6, 6.07) is 0. The van der Waals surface area contributed by atoms with Crippen molar-refractivity contribution in [2.45, 2.75) is 59.3 Å². The van der Waals surface area contributed by atoms with E-state index in [1.165, 1.54) is 0 Å². The number of carbonyl (C=O) groups excluding carboxylic acids is 1. The highest BCUT2D eigenvalue weighted by atomic mass is 16.5. The first kappa shape index (κ1) is 17.2. The number of hydrogen-bond donors (Lipinski definition) is 1. The summed E-state index contributed by atoms with van der Waals surface area (Å²) < 4.78 is 5.02. The normalized spacial score (nSPS) is 38.9. The van der Waals surface area contributed by atoms with Gasteiger partial charge in [-0.2, -0.15) is 0 Å². The van der Waals surface area contributed by atoms with Crippen molar-refractivity contribution in [1.82, 2.24) is 0 Å². The van der Waals surface area contributed by atoms with Crippen molar-refractivity contribution in [2.24, 2.45) is 22.7 Å². The van der Waals surface area contributed by atoms with Gasteiger partial charge in [-0.1, -0.05) is 26.8 Å². The van der Waals surface area contributed by atoms with Gasteiger partial charge in [-0.25, -0.2) is 9.59 Å². The molecule has 0 unspecified atom stereocenters. The lowest BCUT2D eigenvalue weighted by Gasteiger charge is -2.57. The molecule has 0 saturated heterocycles. The van der Waals surface area contributed by atoms with Crippen LogP contribution in [0, 0.1) is 22.7 Å². The Morgan fingerprint density at radius 2 is 2.12 bits per heavy atom. The Morgan fingerprint density at radius 1 is 1.38 bits per heavy atom. The van der Waals surface area contributed by atoms with E-state index in [9.17, 15) is 14.7 Å². The molecule has 132 valence electrons. The van der Waals surface area contributed by atoms with E-state index < -0.39 is 5.97 Å². The van der Waals surface area contributed by atoms with Crippen molar-refractivity contribution >= 4 is 11.9 Å². The van der Waals surface area contributed by atoms with Crippen LogP contribution in [-0.2, 0) is 14.3 Å². The Kier molecular flexibility index (Phi) is 4.35. The Morgan fingerprint density at radius 3 is 2.75 bits per heavy atom. The number of carboxylic acids is 1. The average molecular weight is 332 g/mol. The van der Waals surface area contributed by atoms with Crippen LogP contribution in [0.5, 0.6) is 0 Å². The fourth-order valence-electron chi connectivity index (χ4n) is 5.43. The van der Waals surface area contributed by atoms with Gasteiger partial charge in [-0.15, -0.1) is 0 Å². The number of rotatable bonds is 4. The van der Waals surface area contributed by atoms with E-state index in [4.69, 9.17) is 4.74 Å². The van der Waals surface area contributed by atoms with Gasteiger partial charge >= 0.3 is 11.9 Å². The van der Waals surface area contributed by atoms with Crippen molar-refractivity contribution < 1.29 is 19.4 Å². The highest BCUT2D eigenvalue weighted by Gasteiger charge is 2.55. The number of fused-ring (bicyclic) bond motifs is 1. The summed E-state index contributed by atoms with van der Waals surface area (Å²) in [6.45, 7) is 7.22. The van der Waals surface area contributed by atoms with Crippen LogP contribution in [0.3, 0.4) is 0 Å². The van der Waals surface area contributed by atoms with Gasteiger partial charge in [0.15, 0.2) is 0 Å². The van der Waals surface area contributed by atoms with Crippen LogP contribution in [0.25, 0.3) is 0 Å². The molecule has 0 aromatic rings. The molecule has 1 N–H and O–H groups in total. The summed E-state index contributed by atoms with van der Waals surface area (Å²) in [4.78, 5) is 23.1. The summed E-state index contributed by atoms with van der Waals surface area (Å²) in [6.07, 6.45) is 9.35. The lowest BCUT2D eigenvalue weighted by atomic mass is 9.46. The topological polar surface area (TPSA) is 63.6 Å². The van der Waals surface area contributed by atoms with Gasteiger partial charge in [0, 0.05) is 17.1 Å². The van der Waals surface area contributed by atoms with Crippen LogP contribution in [0.15, 0.2) is 23.3 Å². The summed E-state index contributed by atoms with van der Waals surface area (Å²) in [5, 5.41) is 9.68. The highest BCUT2D eigenvalue weighted by molar-refractivity contribution is 5.88. The summed E-state index contributed by atoms with van der Waals surface area (Å²) in [5.41, 5.74) is 1.55. The van der Waals surface area contributed by atoms with Crippen molar-refractivity contribution in [2.75, 3.05) is 6.61 Å². The molecule has 24 heavy (non-hydrogen) atoms. The van der Waals surface area contributed by atoms with Crippen LogP contribution >= 0.6 is 0 Å². The maximum absolute atomic E-state index is 11.8. The van der Waals surface area contributed by atoms with Gasteiger partial charge in [-0.3, -0.25) is 0 Å². The molecule has 0 aromatic heterocycles. The summed E-state index contributed by atoms with van der Waals surface area (Å²) in [5.74, 6) is -0.0483. The minimum absolute atomic E-state index is 0.0917. The van der Waals surface area contributed by atoms with Gasteiger partial charge in [0.25, 0.3) is 0 Å². The fraction of sp³-hybridized carbons (Fsp3) is 0.700. The first-order valence-corrected chi connectivity index (χ1v) is 9.07. The number of esters is 1. The number of aliphatic carboxylic acids is 1. The van der Waals surface area contributed by atoms with E-state index in [1.54, 1.807) is 6.08 Å². The molecular formula is C20H28O4. The van der Waals surface area contributed by atoms with Crippen LogP contribution in [0.1, 0.15) is 59.3 Å². The zero-order valence-corrected chi connectivity index (χ0v) is 14.9. The third-order valence-corrected chi connectivity index (χ3v) is 7.14. The zero-order valence-electron chi connectivity index (χ0n) is 14.9. The quantitative estimate of drug-likeness (QED) is 0.787. The molecule has 4 heteroatoms. The van der Waals surface area contributed by atoms with E-state index in [0.29, 0.717) is 24.0 Å². The van der Waals surface area contributed by atoms with E-state index in [0.717, 1.165) is 44.1 Å². The predicted molar refractivity (Wildman–Crippen MR) is 91.3 cm³/mol. The number of cyclic esters (lactones) is 1. The SMILES string of the molecule is C[C@H]1CC[C@]2(C)C(C(=O)O)=CCC[C@@H]2[C@@]1(C)CCC1=CC(=O)OC1. The molecule has 1 saturated carbocycles. The fourth-order valence-corrected chi connectivity index (χ4v) is 5.43. The summed E-state index contributed by atoms with van der Waals surface area (Å²) in [7, 11) is 0. The molecule has 3 rings (SSSR count). The predicted octanol–water partition coefficient (Wildman–Crippen LogP) is 4.11. The zero-order chi connectivity index (χ0) is 17.5. The minimum Gasteiger partial charge on any atom is -0.478 e. The van der Waals surface area contributed by atoms with Crippen LogP contribution in [-0.4, -0.2) is 23.7 Å². The maximum Gasteiger partial charge on any atom is 0.331 e. The van der Waals surface area contributed by atoms with Crippen molar-refractivity contribution in [3.05, 3.63) is 23.3 Å². The second kappa shape index (κ2) is 6.05. The Labute approximate surface area is 144 Å². The highest BCUT2D eigenvalue weighted by Crippen LogP contribution is 2.62. The third kappa shape index (κ3) is 2.70. The van der Waals surface area contributed by atoms with Gasteiger partial charge in [0.1, 0.15) is 6.61 Å². The molecule has 0 amide bonds. The molecule has 0 spiro atoms. The number of carbonyl (C=O) groups is 2. The minimum atomic E-state index is -0.753. The monoisotopic (exact) mass is 332 g/mol. The Hall–Kier alpha value is -1.58. The number of carboxylic acid groups (broad SMARTS) is 1. The third-order valence-electron chi connectivity index (χ3n) is 7.14. The standard InChI is InChI=1S/C20H28O4/c1-13-7-9-20(3)15(18(22)23)5-4-6-16(20)19(13,2)10-8-14-11-17(21)24-12-14/h5,11,13,16H,4,6-10,12H2,1-3H3,(H,22,23)/t13-,16+,19-,20+/m0/s1. The van der Waals surface area contributed by atoms with E-state index in [-0.39, 0.29) is 16.8 Å². The van der Waals surface area contributed by atoms with Crippen LogP contribution < -0.4 is 0 Å². The van der Waals surface area contributed by atoms with Gasteiger partial charge in [0.05, 0.1) is 0 Å². The molecule has 0 bridgehead atoms. The Bertz CT molecular complexity index is 617. The number of hydrogen-bond acceptors (Lipinski definition) is 3. The molecule has 3 aliphatic rings. The first-order valence-electron chi connectivity index (χ1n) is 9.07. The first-order chi connectivity index (χ1) is 11.3. The van der Waals surface area contributed by atoms with E-state index >= 15 is 0 Å². The van der Waals surface area contributed by atoms with E-state index in [2.05, 4.69) is 20.8 Å². The molecule has 1 aliphatic heterocycles. The molecule has 1 fully saturated rings. The van der Waals surface area contributed by atoms with E-state index in [1.807, 2.05) is 6.08 Å².